The highest BCUT2D eigenvalue weighted by Crippen LogP contribution is 2.10. The highest BCUT2D eigenvalue weighted by atomic mass is 16.5. The van der Waals surface area contributed by atoms with Gasteiger partial charge < -0.3 is 19.8 Å². The molecule has 128 valence electrons. The molecule has 0 radical (unpaired) electrons. The van der Waals surface area contributed by atoms with Crippen LogP contribution >= 0.6 is 0 Å². The van der Waals surface area contributed by atoms with E-state index < -0.39 is 0 Å². The van der Waals surface area contributed by atoms with E-state index in [2.05, 4.69) is 10.6 Å². The molecule has 0 unspecified atom stereocenters. The van der Waals surface area contributed by atoms with Gasteiger partial charge in [-0.05, 0) is 36.2 Å². The minimum absolute atomic E-state index is 0.0340. The van der Waals surface area contributed by atoms with E-state index in [1.54, 1.807) is 18.4 Å². The van der Waals surface area contributed by atoms with E-state index in [1.807, 2.05) is 24.3 Å². The van der Waals surface area contributed by atoms with Gasteiger partial charge >= 0.3 is 0 Å². The van der Waals surface area contributed by atoms with Crippen molar-refractivity contribution in [1.82, 2.24) is 5.32 Å². The van der Waals surface area contributed by atoms with E-state index in [0.717, 1.165) is 23.4 Å². The number of amides is 2. The van der Waals surface area contributed by atoms with Crippen LogP contribution in [-0.2, 0) is 27.4 Å². The first-order chi connectivity index (χ1) is 11.6. The third-order valence-corrected chi connectivity index (χ3v) is 3.25. The molecule has 2 aromatic rings. The van der Waals surface area contributed by atoms with Gasteiger partial charge in [-0.3, -0.25) is 9.59 Å². The fourth-order valence-corrected chi connectivity index (χ4v) is 2.13. The van der Waals surface area contributed by atoms with Crippen molar-refractivity contribution in [3.63, 3.8) is 0 Å². The van der Waals surface area contributed by atoms with Crippen LogP contribution in [0.5, 0.6) is 0 Å². The molecule has 0 aliphatic rings. The summed E-state index contributed by atoms with van der Waals surface area (Å²) in [6, 6.07) is 10.9. The quantitative estimate of drug-likeness (QED) is 0.692. The van der Waals surface area contributed by atoms with Crippen molar-refractivity contribution in [2.75, 3.05) is 18.5 Å². The Hall–Kier alpha value is -2.60. The van der Waals surface area contributed by atoms with Crippen molar-refractivity contribution >= 4 is 17.5 Å². The van der Waals surface area contributed by atoms with Crippen molar-refractivity contribution in [2.45, 2.75) is 26.4 Å². The molecule has 0 saturated heterocycles. The number of rotatable bonds is 9. The highest BCUT2D eigenvalue weighted by molar-refractivity contribution is 5.88. The van der Waals surface area contributed by atoms with E-state index in [-0.39, 0.29) is 11.8 Å². The van der Waals surface area contributed by atoms with Crippen LogP contribution in [0.3, 0.4) is 0 Å². The van der Waals surface area contributed by atoms with E-state index in [1.165, 1.54) is 6.92 Å². The molecule has 0 bridgehead atoms. The molecule has 24 heavy (non-hydrogen) atoms. The second kappa shape index (κ2) is 9.52. The second-order valence-electron chi connectivity index (χ2n) is 5.39. The normalized spacial score (nSPS) is 10.4. The van der Waals surface area contributed by atoms with Crippen molar-refractivity contribution < 1.29 is 18.7 Å². The molecular formula is C18H22N2O4. The SMILES string of the molecule is CC(=O)Nc1ccc(CC(=O)NCCCOCc2ccco2)cc1. The summed E-state index contributed by atoms with van der Waals surface area (Å²) in [4.78, 5) is 22.8. The number of carbonyl (C=O) groups excluding carboxylic acids is 2. The molecule has 6 nitrogen and oxygen atoms in total. The molecule has 0 atom stereocenters. The van der Waals surface area contributed by atoms with Crippen LogP contribution in [0.4, 0.5) is 5.69 Å². The van der Waals surface area contributed by atoms with Crippen LogP contribution in [0.15, 0.2) is 47.1 Å². The summed E-state index contributed by atoms with van der Waals surface area (Å²) in [6.45, 7) is 3.04. The minimum atomic E-state index is -0.116. The second-order valence-corrected chi connectivity index (χ2v) is 5.39. The molecule has 1 aromatic heterocycles. The van der Waals surface area contributed by atoms with E-state index >= 15 is 0 Å². The van der Waals surface area contributed by atoms with Gasteiger partial charge in [-0.15, -0.1) is 0 Å². The number of anilines is 1. The Kier molecular flexibility index (Phi) is 7.04. The van der Waals surface area contributed by atoms with Crippen molar-refractivity contribution in [1.29, 1.82) is 0 Å². The minimum Gasteiger partial charge on any atom is -0.467 e. The molecule has 0 fully saturated rings. The summed E-state index contributed by atoms with van der Waals surface area (Å²) < 4.78 is 10.6. The summed E-state index contributed by atoms with van der Waals surface area (Å²) in [5.74, 6) is 0.643. The van der Waals surface area contributed by atoms with Gasteiger partial charge in [0.1, 0.15) is 12.4 Å². The van der Waals surface area contributed by atoms with Gasteiger partial charge in [0.2, 0.25) is 11.8 Å². The van der Waals surface area contributed by atoms with Crippen molar-refractivity contribution in [3.8, 4) is 0 Å². The first-order valence-electron chi connectivity index (χ1n) is 7.87. The number of benzene rings is 1. The lowest BCUT2D eigenvalue weighted by atomic mass is 10.1. The van der Waals surface area contributed by atoms with E-state index in [0.29, 0.717) is 26.2 Å². The Balaban J connectivity index is 1.58. The standard InChI is InChI=1S/C18H22N2O4/c1-14(21)20-16-7-5-15(6-8-16)12-18(22)19-9-3-10-23-13-17-4-2-11-24-17/h2,4-8,11H,3,9-10,12-13H2,1H3,(H,19,22)(H,20,21). The van der Waals surface area contributed by atoms with Crippen molar-refractivity contribution in [3.05, 3.63) is 54.0 Å². The lowest BCUT2D eigenvalue weighted by Crippen LogP contribution is -2.26. The Labute approximate surface area is 141 Å². The monoisotopic (exact) mass is 330 g/mol. The summed E-state index contributed by atoms with van der Waals surface area (Å²) >= 11 is 0. The van der Waals surface area contributed by atoms with Crippen LogP contribution < -0.4 is 10.6 Å². The molecule has 6 heteroatoms. The molecule has 2 N–H and O–H groups in total. The molecule has 1 heterocycles. The van der Waals surface area contributed by atoms with Gasteiger partial charge in [-0.1, -0.05) is 12.1 Å². The average Bonchev–Trinajstić information content (AvgIpc) is 3.05. The largest absolute Gasteiger partial charge is 0.467 e. The van der Waals surface area contributed by atoms with Crippen LogP contribution in [0.2, 0.25) is 0 Å². The summed E-state index contributed by atoms with van der Waals surface area (Å²) in [6.07, 6.45) is 2.67. The van der Waals surface area contributed by atoms with Gasteiger partial charge in [-0.2, -0.15) is 0 Å². The number of carbonyl (C=O) groups is 2. The Bertz CT molecular complexity index is 636. The predicted octanol–water partition coefficient (Wildman–Crippen LogP) is 2.50. The summed E-state index contributed by atoms with van der Waals surface area (Å²) in [5.41, 5.74) is 1.62. The maximum absolute atomic E-state index is 11.9. The third kappa shape index (κ3) is 6.66. The number of nitrogens with one attached hydrogen (secondary N) is 2. The fraction of sp³-hybridized carbons (Fsp3) is 0.333. The molecule has 2 amide bonds. The number of hydrogen-bond acceptors (Lipinski definition) is 4. The zero-order chi connectivity index (χ0) is 17.2. The lowest BCUT2D eigenvalue weighted by molar-refractivity contribution is -0.120. The van der Waals surface area contributed by atoms with Crippen LogP contribution in [-0.4, -0.2) is 25.0 Å². The lowest BCUT2D eigenvalue weighted by Gasteiger charge is -2.07. The van der Waals surface area contributed by atoms with Crippen molar-refractivity contribution in [2.24, 2.45) is 0 Å². The Morgan fingerprint density at radius 3 is 2.62 bits per heavy atom. The first-order valence-corrected chi connectivity index (χ1v) is 7.87. The molecule has 2 rings (SSSR count). The van der Waals surface area contributed by atoms with Gasteiger partial charge in [0.05, 0.1) is 12.7 Å². The zero-order valence-electron chi connectivity index (χ0n) is 13.7. The maximum Gasteiger partial charge on any atom is 0.224 e. The molecule has 0 aliphatic carbocycles. The average molecular weight is 330 g/mol. The van der Waals surface area contributed by atoms with Gasteiger partial charge in [0.15, 0.2) is 0 Å². The van der Waals surface area contributed by atoms with Crippen LogP contribution in [0.25, 0.3) is 0 Å². The molecule has 0 saturated carbocycles. The summed E-state index contributed by atoms with van der Waals surface area (Å²) in [7, 11) is 0. The molecule has 1 aromatic carbocycles. The number of furan rings is 1. The van der Waals surface area contributed by atoms with Gasteiger partial charge in [-0.25, -0.2) is 0 Å². The Morgan fingerprint density at radius 1 is 1.17 bits per heavy atom. The van der Waals surface area contributed by atoms with Gasteiger partial charge in [0, 0.05) is 25.8 Å². The number of ether oxygens (including phenoxy) is 1. The van der Waals surface area contributed by atoms with Gasteiger partial charge in [0.25, 0.3) is 0 Å². The third-order valence-electron chi connectivity index (χ3n) is 3.25. The molecule has 0 aliphatic heterocycles. The fourth-order valence-electron chi connectivity index (χ4n) is 2.13. The van der Waals surface area contributed by atoms with Crippen LogP contribution in [0.1, 0.15) is 24.7 Å². The Morgan fingerprint density at radius 2 is 1.96 bits per heavy atom. The van der Waals surface area contributed by atoms with E-state index in [4.69, 9.17) is 9.15 Å². The topological polar surface area (TPSA) is 80.6 Å². The zero-order valence-corrected chi connectivity index (χ0v) is 13.7. The first kappa shape index (κ1) is 17.7. The highest BCUT2D eigenvalue weighted by Gasteiger charge is 2.03. The molecular weight excluding hydrogens is 308 g/mol. The predicted molar refractivity (Wildman–Crippen MR) is 90.4 cm³/mol. The van der Waals surface area contributed by atoms with E-state index in [9.17, 15) is 9.59 Å². The smallest absolute Gasteiger partial charge is 0.224 e. The maximum atomic E-state index is 11.9. The summed E-state index contributed by atoms with van der Waals surface area (Å²) in [5, 5.41) is 5.55. The molecule has 0 spiro atoms. The number of hydrogen-bond donors (Lipinski definition) is 2. The van der Waals surface area contributed by atoms with Crippen LogP contribution in [0, 0.1) is 0 Å².